The summed E-state index contributed by atoms with van der Waals surface area (Å²) in [5.41, 5.74) is 3.29. The molecule has 1 aliphatic heterocycles. The molecule has 2 aromatic rings. The molecule has 0 aromatic heterocycles. The van der Waals surface area contributed by atoms with Gasteiger partial charge in [0.2, 0.25) is 0 Å². The Morgan fingerprint density at radius 1 is 1.16 bits per heavy atom. The molecule has 0 unspecified atom stereocenters. The van der Waals surface area contributed by atoms with Gasteiger partial charge in [0.15, 0.2) is 0 Å². The lowest BCUT2D eigenvalue weighted by Crippen LogP contribution is -2.34. The number of anilines is 1. The van der Waals surface area contributed by atoms with Crippen molar-refractivity contribution in [1.29, 1.82) is 0 Å². The minimum absolute atomic E-state index is 0.249. The largest absolute Gasteiger partial charge is 0.496 e. The lowest BCUT2D eigenvalue weighted by molar-refractivity contribution is -0.146. The standard InChI is InChI=1S/C25H28FNO4/c1-27(2)19-9-10-22(29-3)21(13-19)17-14-25(31-15-17)12-11-20(24(28)30-4)23(25)16-5-7-18(26)8-6-16/h5-10,13-14,20,23H,11-12,15H2,1-4H3/t20-,23+,25+/m0/s1. The van der Waals surface area contributed by atoms with Gasteiger partial charge in [0.05, 0.1) is 32.3 Å². The van der Waals surface area contributed by atoms with Gasteiger partial charge in [-0.05, 0) is 60.4 Å². The molecule has 164 valence electrons. The maximum absolute atomic E-state index is 13.6. The zero-order valence-electron chi connectivity index (χ0n) is 18.4. The second-order valence-electron chi connectivity index (χ2n) is 8.39. The zero-order valence-corrected chi connectivity index (χ0v) is 18.4. The van der Waals surface area contributed by atoms with Crippen LogP contribution in [0.3, 0.4) is 0 Å². The van der Waals surface area contributed by atoms with Crippen LogP contribution in [-0.2, 0) is 14.3 Å². The number of carbonyl (C=O) groups excluding carboxylic acids is 1. The molecule has 6 heteroatoms. The van der Waals surface area contributed by atoms with Crippen molar-refractivity contribution < 1.29 is 23.4 Å². The average Bonchev–Trinajstić information content (AvgIpc) is 3.37. The second kappa shape index (κ2) is 8.35. The van der Waals surface area contributed by atoms with E-state index in [1.807, 2.05) is 31.1 Å². The Morgan fingerprint density at radius 3 is 2.55 bits per heavy atom. The summed E-state index contributed by atoms with van der Waals surface area (Å²) in [6, 6.07) is 12.4. The fourth-order valence-electron chi connectivity index (χ4n) is 4.93. The highest BCUT2D eigenvalue weighted by atomic mass is 19.1. The molecule has 0 saturated heterocycles. The Kier molecular flexibility index (Phi) is 5.75. The number of ether oxygens (including phenoxy) is 3. The van der Waals surface area contributed by atoms with E-state index in [4.69, 9.17) is 14.2 Å². The fraction of sp³-hybridized carbons (Fsp3) is 0.400. The minimum Gasteiger partial charge on any atom is -0.496 e. The van der Waals surface area contributed by atoms with E-state index in [1.165, 1.54) is 19.2 Å². The summed E-state index contributed by atoms with van der Waals surface area (Å²) in [4.78, 5) is 14.6. The quantitative estimate of drug-likeness (QED) is 0.664. The van der Waals surface area contributed by atoms with Crippen molar-refractivity contribution in [3.05, 3.63) is 65.5 Å². The van der Waals surface area contributed by atoms with Crippen LogP contribution in [0.15, 0.2) is 48.5 Å². The van der Waals surface area contributed by atoms with Gasteiger partial charge >= 0.3 is 5.97 Å². The summed E-state index contributed by atoms with van der Waals surface area (Å²) >= 11 is 0. The minimum atomic E-state index is -0.648. The van der Waals surface area contributed by atoms with Crippen LogP contribution in [0.2, 0.25) is 0 Å². The van der Waals surface area contributed by atoms with Crippen LogP contribution in [0.1, 0.15) is 29.9 Å². The summed E-state index contributed by atoms with van der Waals surface area (Å²) in [6.07, 6.45) is 3.47. The zero-order chi connectivity index (χ0) is 22.2. The van der Waals surface area contributed by atoms with Crippen LogP contribution in [0, 0.1) is 11.7 Å². The van der Waals surface area contributed by atoms with Gasteiger partial charge in [0.25, 0.3) is 0 Å². The van der Waals surface area contributed by atoms with Crippen LogP contribution in [0.25, 0.3) is 5.57 Å². The van der Waals surface area contributed by atoms with Gasteiger partial charge in [0.1, 0.15) is 11.6 Å². The van der Waals surface area contributed by atoms with E-state index >= 15 is 0 Å². The first-order chi connectivity index (χ1) is 14.9. The number of hydrogen-bond acceptors (Lipinski definition) is 5. The molecule has 2 aromatic carbocycles. The maximum Gasteiger partial charge on any atom is 0.309 e. The molecule has 1 aliphatic carbocycles. The van der Waals surface area contributed by atoms with Crippen molar-refractivity contribution in [2.24, 2.45) is 5.92 Å². The number of methoxy groups -OCH3 is 2. The molecule has 4 rings (SSSR count). The summed E-state index contributed by atoms with van der Waals surface area (Å²) < 4.78 is 30.7. The Labute approximate surface area is 182 Å². The van der Waals surface area contributed by atoms with E-state index in [2.05, 4.69) is 12.1 Å². The summed E-state index contributed by atoms with van der Waals surface area (Å²) in [6.45, 7) is 0.416. The first kappa shape index (κ1) is 21.4. The number of nitrogens with zero attached hydrogens (tertiary/aromatic N) is 1. The number of hydrogen-bond donors (Lipinski definition) is 0. The van der Waals surface area contributed by atoms with Crippen LogP contribution < -0.4 is 9.64 Å². The van der Waals surface area contributed by atoms with Gasteiger partial charge in [-0.2, -0.15) is 0 Å². The highest BCUT2D eigenvalue weighted by Gasteiger charge is 2.54. The topological polar surface area (TPSA) is 48.0 Å². The van der Waals surface area contributed by atoms with Crippen LogP contribution in [0.4, 0.5) is 10.1 Å². The molecule has 0 radical (unpaired) electrons. The van der Waals surface area contributed by atoms with Crippen LogP contribution in [0.5, 0.6) is 5.75 Å². The van der Waals surface area contributed by atoms with Crippen molar-refractivity contribution in [3.8, 4) is 5.75 Å². The summed E-state index contributed by atoms with van der Waals surface area (Å²) in [5.74, 6) is -0.386. The molecule has 1 spiro atoms. The smallest absolute Gasteiger partial charge is 0.309 e. The van der Waals surface area contributed by atoms with E-state index in [9.17, 15) is 9.18 Å². The predicted molar refractivity (Wildman–Crippen MR) is 118 cm³/mol. The fourth-order valence-corrected chi connectivity index (χ4v) is 4.93. The van der Waals surface area contributed by atoms with Crippen LogP contribution in [-0.4, -0.2) is 46.5 Å². The number of rotatable bonds is 5. The molecule has 1 fully saturated rings. The van der Waals surface area contributed by atoms with E-state index in [-0.39, 0.29) is 23.6 Å². The molecule has 5 nitrogen and oxygen atoms in total. The molecule has 0 N–H and O–H groups in total. The second-order valence-corrected chi connectivity index (χ2v) is 8.39. The Morgan fingerprint density at radius 2 is 1.90 bits per heavy atom. The van der Waals surface area contributed by atoms with E-state index in [0.29, 0.717) is 19.4 Å². The van der Waals surface area contributed by atoms with Crippen LogP contribution >= 0.6 is 0 Å². The third-order valence-corrected chi connectivity index (χ3v) is 6.47. The normalized spacial score (nSPS) is 24.9. The number of carbonyl (C=O) groups is 1. The third-order valence-electron chi connectivity index (χ3n) is 6.47. The first-order valence-corrected chi connectivity index (χ1v) is 10.4. The average molecular weight is 426 g/mol. The Hall–Kier alpha value is -2.86. The Bertz CT molecular complexity index is 1000. The van der Waals surface area contributed by atoms with E-state index in [1.54, 1.807) is 19.2 Å². The van der Waals surface area contributed by atoms with E-state index < -0.39 is 5.60 Å². The maximum atomic E-state index is 13.6. The van der Waals surface area contributed by atoms with Gasteiger partial charge in [-0.3, -0.25) is 4.79 Å². The highest BCUT2D eigenvalue weighted by Crippen LogP contribution is 2.54. The van der Waals surface area contributed by atoms with Gasteiger partial charge in [-0.25, -0.2) is 4.39 Å². The molecule has 2 aliphatic rings. The molecular weight excluding hydrogens is 397 g/mol. The van der Waals surface area contributed by atoms with Gasteiger partial charge < -0.3 is 19.1 Å². The number of benzene rings is 2. The van der Waals surface area contributed by atoms with Crippen molar-refractivity contribution in [2.75, 3.05) is 39.8 Å². The summed E-state index contributed by atoms with van der Waals surface area (Å²) in [5, 5.41) is 0. The first-order valence-electron chi connectivity index (χ1n) is 10.4. The van der Waals surface area contributed by atoms with Crippen molar-refractivity contribution in [2.45, 2.75) is 24.4 Å². The predicted octanol–water partition coefficient (Wildman–Crippen LogP) is 4.42. The molecule has 3 atom stereocenters. The van der Waals surface area contributed by atoms with Gasteiger partial charge in [-0.1, -0.05) is 12.1 Å². The molecule has 0 bridgehead atoms. The molecule has 1 saturated carbocycles. The lowest BCUT2D eigenvalue weighted by Gasteiger charge is -2.31. The Balaban J connectivity index is 1.78. The monoisotopic (exact) mass is 425 g/mol. The number of esters is 1. The van der Waals surface area contributed by atoms with Crippen molar-refractivity contribution in [3.63, 3.8) is 0 Å². The molecule has 1 heterocycles. The highest BCUT2D eigenvalue weighted by molar-refractivity contribution is 5.79. The van der Waals surface area contributed by atoms with E-state index in [0.717, 1.165) is 28.1 Å². The van der Waals surface area contributed by atoms with Crippen molar-refractivity contribution >= 4 is 17.2 Å². The molecular formula is C25H28FNO4. The SMILES string of the molecule is COC(=O)[C@H]1CC[C@@]2(C=C(c3cc(N(C)C)ccc3OC)CO2)[C@@H]1c1ccc(F)cc1. The van der Waals surface area contributed by atoms with Gasteiger partial charge in [-0.15, -0.1) is 0 Å². The number of halogens is 1. The lowest BCUT2D eigenvalue weighted by atomic mass is 9.79. The third kappa shape index (κ3) is 3.81. The molecule has 31 heavy (non-hydrogen) atoms. The van der Waals surface area contributed by atoms with Crippen molar-refractivity contribution in [1.82, 2.24) is 0 Å². The van der Waals surface area contributed by atoms with Gasteiger partial charge in [0, 0.05) is 31.3 Å². The molecule has 0 amide bonds. The summed E-state index contributed by atoms with van der Waals surface area (Å²) in [7, 11) is 7.05.